The average molecular weight is 557 g/mol. The molecule has 0 bridgehead atoms. The highest BCUT2D eigenvalue weighted by Gasteiger charge is 2.25. The summed E-state index contributed by atoms with van der Waals surface area (Å²) in [5, 5.41) is 12.0. The van der Waals surface area contributed by atoms with Gasteiger partial charge >= 0.3 is 5.97 Å². The number of aromatic nitrogens is 2. The number of fused-ring (bicyclic) bond motifs is 1. The summed E-state index contributed by atoms with van der Waals surface area (Å²) < 4.78 is 13.0. The van der Waals surface area contributed by atoms with E-state index in [1.807, 2.05) is 36.4 Å². The van der Waals surface area contributed by atoms with Gasteiger partial charge in [-0.1, -0.05) is 31.4 Å². The number of ether oxygens (including phenoxy) is 1. The Morgan fingerprint density at radius 1 is 1.02 bits per heavy atom. The van der Waals surface area contributed by atoms with Crippen molar-refractivity contribution in [2.24, 2.45) is 0 Å². The molecule has 1 amide bonds. The van der Waals surface area contributed by atoms with Crippen LogP contribution in [-0.4, -0.2) is 57.2 Å². The molecule has 9 heteroatoms. The summed E-state index contributed by atoms with van der Waals surface area (Å²) in [7, 11) is 0. The second-order valence-electron chi connectivity index (χ2n) is 11.2. The van der Waals surface area contributed by atoms with E-state index in [2.05, 4.69) is 14.8 Å². The summed E-state index contributed by atoms with van der Waals surface area (Å²) in [5.41, 5.74) is 4.60. The van der Waals surface area contributed by atoms with Gasteiger partial charge in [-0.05, 0) is 74.2 Å². The molecule has 3 heterocycles. The normalized spacial score (nSPS) is 18.4. The maximum Gasteiger partial charge on any atom is 0.341 e. The quantitative estimate of drug-likeness (QED) is 0.274. The number of nitrogens with one attached hydrogen (secondary N) is 1. The number of furan rings is 1. The summed E-state index contributed by atoms with van der Waals surface area (Å²) in [6.07, 6.45) is 11.4. The summed E-state index contributed by atoms with van der Waals surface area (Å²) in [6.45, 7) is 2.14. The fraction of sp³-hybridized carbons (Fsp3) is 0.406. The van der Waals surface area contributed by atoms with Gasteiger partial charge in [-0.2, -0.15) is 0 Å². The summed E-state index contributed by atoms with van der Waals surface area (Å²) in [5.74, 6) is 0.374. The van der Waals surface area contributed by atoms with Crippen molar-refractivity contribution in [3.8, 4) is 17.1 Å². The average Bonchev–Trinajstić information content (AvgIpc) is 3.65. The first-order valence-electron chi connectivity index (χ1n) is 14.5. The van der Waals surface area contributed by atoms with Crippen LogP contribution in [0.15, 0.2) is 65.5 Å². The van der Waals surface area contributed by atoms with Crippen molar-refractivity contribution in [3.63, 3.8) is 0 Å². The molecule has 9 nitrogen and oxygen atoms in total. The van der Waals surface area contributed by atoms with Crippen LogP contribution in [0.5, 0.6) is 5.75 Å². The van der Waals surface area contributed by atoms with Gasteiger partial charge in [0.05, 0.1) is 22.9 Å². The zero-order chi connectivity index (χ0) is 28.2. The molecule has 214 valence electrons. The Hall–Kier alpha value is -4.11. The van der Waals surface area contributed by atoms with Crippen molar-refractivity contribution in [1.29, 1.82) is 0 Å². The Kier molecular flexibility index (Phi) is 8.04. The van der Waals surface area contributed by atoms with Gasteiger partial charge in [0.1, 0.15) is 17.8 Å². The number of imidazole rings is 1. The van der Waals surface area contributed by atoms with Crippen LogP contribution in [0.3, 0.4) is 0 Å². The summed E-state index contributed by atoms with van der Waals surface area (Å²) in [6, 6.07) is 15.8. The third-order valence-corrected chi connectivity index (χ3v) is 8.20. The van der Waals surface area contributed by atoms with E-state index in [0.717, 1.165) is 73.3 Å². The van der Waals surface area contributed by atoms with Gasteiger partial charge in [-0.15, -0.1) is 0 Å². The largest absolute Gasteiger partial charge is 0.482 e. The highest BCUT2D eigenvalue weighted by atomic mass is 16.5. The van der Waals surface area contributed by atoms with E-state index in [1.165, 1.54) is 19.3 Å². The number of hydrogen-bond donors (Lipinski definition) is 2. The number of amides is 1. The third kappa shape index (κ3) is 6.30. The molecule has 1 aliphatic heterocycles. The molecule has 6 rings (SSSR count). The van der Waals surface area contributed by atoms with Crippen LogP contribution in [0.2, 0.25) is 0 Å². The molecule has 1 saturated heterocycles. The number of hydrogen-bond acceptors (Lipinski definition) is 6. The Morgan fingerprint density at radius 3 is 2.61 bits per heavy atom. The number of carbonyl (C=O) groups excluding carboxylic acids is 1. The molecule has 0 spiro atoms. The van der Waals surface area contributed by atoms with Crippen molar-refractivity contribution in [2.75, 3.05) is 19.7 Å². The number of rotatable bonds is 9. The second kappa shape index (κ2) is 12.2. The Morgan fingerprint density at radius 2 is 1.85 bits per heavy atom. The highest BCUT2D eigenvalue weighted by molar-refractivity contribution is 5.98. The molecule has 1 unspecified atom stereocenters. The lowest BCUT2D eigenvalue weighted by Gasteiger charge is -2.33. The Labute approximate surface area is 239 Å². The molecule has 2 aliphatic rings. The van der Waals surface area contributed by atoms with E-state index in [9.17, 15) is 9.59 Å². The number of nitrogens with zero attached hydrogens (tertiary/aromatic N) is 3. The lowest BCUT2D eigenvalue weighted by atomic mass is 9.95. The molecule has 4 aromatic rings. The molecular weight excluding hydrogens is 520 g/mol. The number of benzene rings is 2. The summed E-state index contributed by atoms with van der Waals surface area (Å²) in [4.78, 5) is 31.4. The fourth-order valence-electron chi connectivity index (χ4n) is 6.22. The fourth-order valence-corrected chi connectivity index (χ4v) is 6.22. The zero-order valence-corrected chi connectivity index (χ0v) is 23.1. The molecule has 41 heavy (non-hydrogen) atoms. The Balaban J connectivity index is 1.13. The lowest BCUT2D eigenvalue weighted by molar-refractivity contribution is -0.139. The van der Waals surface area contributed by atoms with E-state index < -0.39 is 5.97 Å². The lowest BCUT2D eigenvalue weighted by Crippen LogP contribution is -2.47. The number of carbonyl (C=O) groups is 2. The minimum Gasteiger partial charge on any atom is -0.482 e. The molecule has 1 atom stereocenters. The van der Waals surface area contributed by atoms with E-state index >= 15 is 0 Å². The van der Waals surface area contributed by atoms with Crippen molar-refractivity contribution in [2.45, 2.75) is 63.6 Å². The van der Waals surface area contributed by atoms with Crippen LogP contribution in [-0.2, 0) is 11.3 Å². The first kappa shape index (κ1) is 27.1. The maximum atomic E-state index is 13.4. The maximum absolute atomic E-state index is 13.4. The predicted octanol–water partition coefficient (Wildman–Crippen LogP) is 5.66. The van der Waals surface area contributed by atoms with Gasteiger partial charge in [0.25, 0.3) is 5.91 Å². The minimum atomic E-state index is -0.997. The van der Waals surface area contributed by atoms with Gasteiger partial charge in [-0.25, -0.2) is 9.78 Å². The summed E-state index contributed by atoms with van der Waals surface area (Å²) >= 11 is 0. The van der Waals surface area contributed by atoms with Crippen LogP contribution < -0.4 is 10.1 Å². The van der Waals surface area contributed by atoms with Crippen LogP contribution in [0.1, 0.15) is 66.9 Å². The van der Waals surface area contributed by atoms with Crippen molar-refractivity contribution < 1.29 is 23.8 Å². The molecule has 2 aromatic carbocycles. The number of carboxylic acid groups (broad SMARTS) is 1. The van der Waals surface area contributed by atoms with Crippen LogP contribution in [0.25, 0.3) is 22.4 Å². The first-order chi connectivity index (χ1) is 20.0. The van der Waals surface area contributed by atoms with Gasteiger partial charge in [0.2, 0.25) is 0 Å². The monoisotopic (exact) mass is 556 g/mol. The third-order valence-electron chi connectivity index (χ3n) is 8.20. The molecular formula is C32H36N4O5. The van der Waals surface area contributed by atoms with Crippen molar-refractivity contribution in [3.05, 3.63) is 72.2 Å². The van der Waals surface area contributed by atoms with Crippen LogP contribution in [0, 0.1) is 0 Å². The van der Waals surface area contributed by atoms with E-state index in [0.29, 0.717) is 17.4 Å². The van der Waals surface area contributed by atoms with E-state index in [-0.39, 0.29) is 18.6 Å². The molecule has 1 aliphatic carbocycles. The number of aliphatic carboxylic acids is 1. The van der Waals surface area contributed by atoms with Gasteiger partial charge in [0.15, 0.2) is 6.61 Å². The van der Waals surface area contributed by atoms with E-state index in [1.54, 1.807) is 24.7 Å². The smallest absolute Gasteiger partial charge is 0.341 e. The first-order valence-corrected chi connectivity index (χ1v) is 14.5. The SMILES string of the molecule is O=C(O)COc1ccc(CN2CCCC(NC(=O)c3ccc4c(c3)nc(-c3ccoc3)n4C3CCCCC3)C2)cc1. The standard InChI is InChI=1S/C32H36N4O5/c37-30(38)21-41-27-11-8-22(9-12-27)18-35-15-4-5-25(19-35)33-32(39)23-10-13-29-28(17-23)34-31(24-14-16-40-20-24)36(29)26-6-2-1-3-7-26/h8-14,16-17,20,25-26H,1-7,15,18-19,21H2,(H,33,39)(H,37,38). The van der Waals surface area contributed by atoms with Crippen LogP contribution in [0.4, 0.5) is 0 Å². The molecule has 2 aromatic heterocycles. The van der Waals surface area contributed by atoms with Gasteiger partial charge < -0.3 is 24.1 Å². The number of likely N-dealkylation sites (tertiary alicyclic amines) is 1. The molecule has 0 radical (unpaired) electrons. The second-order valence-corrected chi connectivity index (χ2v) is 11.2. The zero-order valence-electron chi connectivity index (χ0n) is 23.1. The molecule has 2 N–H and O–H groups in total. The topological polar surface area (TPSA) is 110 Å². The van der Waals surface area contributed by atoms with Crippen molar-refractivity contribution in [1.82, 2.24) is 19.8 Å². The van der Waals surface area contributed by atoms with Crippen molar-refractivity contribution >= 4 is 22.9 Å². The number of carboxylic acids is 1. The number of piperidine rings is 1. The highest BCUT2D eigenvalue weighted by Crippen LogP contribution is 2.36. The minimum absolute atomic E-state index is 0.0615. The molecule has 2 fully saturated rings. The predicted molar refractivity (Wildman–Crippen MR) is 155 cm³/mol. The van der Waals surface area contributed by atoms with E-state index in [4.69, 9.17) is 19.2 Å². The Bertz CT molecular complexity index is 1490. The molecule has 1 saturated carbocycles. The van der Waals surface area contributed by atoms with Crippen LogP contribution >= 0.6 is 0 Å². The van der Waals surface area contributed by atoms with Gasteiger partial charge in [-0.3, -0.25) is 9.69 Å². The van der Waals surface area contributed by atoms with Gasteiger partial charge in [0, 0.05) is 30.7 Å².